The number of hydrogen-bond acceptors (Lipinski definition) is 2. The second-order valence-corrected chi connectivity index (χ2v) is 4.47. The van der Waals surface area contributed by atoms with E-state index in [0.29, 0.717) is 9.76 Å². The summed E-state index contributed by atoms with van der Waals surface area (Å²) in [4.78, 5) is 0. The molecule has 0 rings (SSSR count). The fourth-order valence-electron chi connectivity index (χ4n) is 0.515. The average molecular weight is 155 g/mol. The highest BCUT2D eigenvalue weighted by Crippen LogP contribution is 2.29. The zero-order valence-corrected chi connectivity index (χ0v) is 7.93. The molecular weight excluding hydrogens is 142 g/mol. The smallest absolute Gasteiger partial charge is 0.248 e. The Kier molecular flexibility index (Phi) is 3.62. The molecule has 0 spiro atoms. The fourth-order valence-corrected chi connectivity index (χ4v) is 1.16. The van der Waals surface area contributed by atoms with Crippen molar-refractivity contribution in [2.45, 2.75) is 26.3 Å². The fraction of sp³-hybridized carbons (Fsp3) is 0.857. The quantitative estimate of drug-likeness (QED) is 0.568. The van der Waals surface area contributed by atoms with Gasteiger partial charge in [-0.15, -0.1) is 0 Å². The van der Waals surface area contributed by atoms with Crippen LogP contribution < -0.4 is 0 Å². The molecule has 1 atom stereocenters. The maximum atomic E-state index is 8.67. The molecule has 1 unspecified atom stereocenters. The molecule has 0 aliphatic carbocycles. The van der Waals surface area contributed by atoms with Crippen LogP contribution in [0.15, 0.2) is 0 Å². The van der Waals surface area contributed by atoms with E-state index in [-0.39, 0.29) is 11.0 Å². The van der Waals surface area contributed by atoms with E-state index in [1.54, 1.807) is 7.11 Å². The highest BCUT2D eigenvalue weighted by molar-refractivity contribution is 6.31. The normalized spacial score (nSPS) is 14.3. The van der Waals surface area contributed by atoms with E-state index in [9.17, 15) is 0 Å². The lowest BCUT2D eigenvalue weighted by atomic mass is 9.92. The first-order valence-electron chi connectivity index (χ1n) is 3.20. The second kappa shape index (κ2) is 3.74. The van der Waals surface area contributed by atoms with E-state index < -0.39 is 0 Å². The van der Waals surface area contributed by atoms with Gasteiger partial charge in [0.1, 0.15) is 0 Å². The molecule has 10 heavy (non-hydrogen) atoms. The van der Waals surface area contributed by atoms with Crippen LogP contribution in [-0.2, 0) is 4.43 Å². The minimum absolute atomic E-state index is 0.0255. The largest absolute Gasteiger partial charge is 0.419 e. The molecule has 2 radical (unpaired) electrons. The predicted molar refractivity (Wildman–Crippen MR) is 41.6 cm³/mol. The van der Waals surface area contributed by atoms with Gasteiger partial charge >= 0.3 is 0 Å². The Labute approximate surface area is 65.1 Å². The van der Waals surface area contributed by atoms with Crippen molar-refractivity contribution in [3.63, 3.8) is 0 Å². The van der Waals surface area contributed by atoms with Crippen molar-refractivity contribution in [3.05, 3.63) is 0 Å². The molecule has 0 aromatic carbocycles. The zero-order valence-electron chi connectivity index (χ0n) is 6.93. The van der Waals surface area contributed by atoms with Crippen LogP contribution in [-0.4, -0.2) is 16.9 Å². The van der Waals surface area contributed by atoms with Crippen molar-refractivity contribution < 1.29 is 4.43 Å². The standard InChI is InChI=1S/C7H13NOSi/c1-7(2,3)6(5-8)10-9-4/h6H,1-4H3. The summed E-state index contributed by atoms with van der Waals surface area (Å²) >= 11 is 0. The highest BCUT2D eigenvalue weighted by atomic mass is 28.2. The lowest BCUT2D eigenvalue weighted by Crippen LogP contribution is -2.20. The van der Waals surface area contributed by atoms with Crippen LogP contribution in [0.3, 0.4) is 0 Å². The lowest BCUT2D eigenvalue weighted by molar-refractivity contribution is 0.370. The number of nitriles is 1. The van der Waals surface area contributed by atoms with Gasteiger partial charge in [0.25, 0.3) is 0 Å². The van der Waals surface area contributed by atoms with Crippen molar-refractivity contribution in [2.75, 3.05) is 7.11 Å². The molecule has 2 nitrogen and oxygen atoms in total. The van der Waals surface area contributed by atoms with E-state index in [2.05, 4.69) is 6.07 Å². The number of nitrogens with zero attached hydrogens (tertiary/aromatic N) is 1. The third-order valence-corrected chi connectivity index (χ3v) is 2.70. The van der Waals surface area contributed by atoms with Gasteiger partial charge in [0.05, 0.1) is 11.6 Å². The molecule has 0 bridgehead atoms. The first-order chi connectivity index (χ1) is 4.52. The summed E-state index contributed by atoms with van der Waals surface area (Å²) in [6.07, 6.45) is 0. The molecule has 0 fully saturated rings. The third kappa shape index (κ3) is 2.99. The Balaban J connectivity index is 3.98. The Bertz CT molecular complexity index is 134. The summed E-state index contributed by atoms with van der Waals surface area (Å²) in [7, 11) is 1.93. The van der Waals surface area contributed by atoms with Crippen molar-refractivity contribution >= 4 is 9.76 Å². The number of hydrogen-bond donors (Lipinski definition) is 0. The Morgan fingerprint density at radius 3 is 2.10 bits per heavy atom. The molecule has 3 heteroatoms. The minimum atomic E-state index is 0.0255. The van der Waals surface area contributed by atoms with Crippen LogP contribution in [0.5, 0.6) is 0 Å². The van der Waals surface area contributed by atoms with E-state index in [1.807, 2.05) is 20.8 Å². The summed E-state index contributed by atoms with van der Waals surface area (Å²) < 4.78 is 4.93. The Morgan fingerprint density at radius 2 is 2.00 bits per heavy atom. The van der Waals surface area contributed by atoms with Gasteiger partial charge in [-0.1, -0.05) is 20.8 Å². The molecule has 0 aliphatic heterocycles. The topological polar surface area (TPSA) is 33.0 Å². The average Bonchev–Trinajstić information content (AvgIpc) is 1.80. The third-order valence-electron chi connectivity index (χ3n) is 1.23. The van der Waals surface area contributed by atoms with Crippen molar-refractivity contribution in [1.82, 2.24) is 0 Å². The van der Waals surface area contributed by atoms with Gasteiger partial charge in [0.15, 0.2) is 0 Å². The minimum Gasteiger partial charge on any atom is -0.419 e. The molecule has 0 aromatic rings. The molecular formula is C7H13NOSi. The van der Waals surface area contributed by atoms with E-state index in [1.165, 1.54) is 0 Å². The second-order valence-electron chi connectivity index (χ2n) is 3.25. The van der Waals surface area contributed by atoms with Crippen LogP contribution >= 0.6 is 0 Å². The van der Waals surface area contributed by atoms with Gasteiger partial charge < -0.3 is 4.43 Å². The van der Waals surface area contributed by atoms with Crippen LogP contribution in [0.1, 0.15) is 20.8 Å². The summed E-state index contributed by atoms with van der Waals surface area (Å²) in [5.74, 6) is 0. The van der Waals surface area contributed by atoms with E-state index in [4.69, 9.17) is 9.69 Å². The first kappa shape index (κ1) is 9.67. The lowest BCUT2D eigenvalue weighted by Gasteiger charge is -2.22. The molecule has 56 valence electrons. The molecule has 0 aromatic heterocycles. The highest BCUT2D eigenvalue weighted by Gasteiger charge is 2.25. The van der Waals surface area contributed by atoms with Crippen LogP contribution in [0.25, 0.3) is 0 Å². The summed E-state index contributed by atoms with van der Waals surface area (Å²) in [5, 5.41) is 8.67. The zero-order chi connectivity index (χ0) is 8.20. The van der Waals surface area contributed by atoms with Gasteiger partial charge in [0, 0.05) is 7.11 Å². The van der Waals surface area contributed by atoms with E-state index >= 15 is 0 Å². The molecule has 0 aliphatic rings. The summed E-state index contributed by atoms with van der Waals surface area (Å²) in [5.41, 5.74) is 0.0703. The van der Waals surface area contributed by atoms with Crippen LogP contribution in [0, 0.1) is 16.7 Å². The van der Waals surface area contributed by atoms with Crippen molar-refractivity contribution in [2.24, 2.45) is 5.41 Å². The van der Waals surface area contributed by atoms with E-state index in [0.717, 1.165) is 0 Å². The monoisotopic (exact) mass is 155 g/mol. The maximum Gasteiger partial charge on any atom is 0.248 e. The number of rotatable bonds is 2. The molecule has 0 N–H and O–H groups in total. The van der Waals surface area contributed by atoms with Gasteiger partial charge in [0.2, 0.25) is 9.76 Å². The molecule has 0 amide bonds. The van der Waals surface area contributed by atoms with Gasteiger partial charge in [-0.05, 0) is 5.41 Å². The maximum absolute atomic E-state index is 8.67. The SMILES string of the molecule is CO[Si]C(C#N)C(C)(C)C. The van der Waals surface area contributed by atoms with Gasteiger partial charge in [-0.25, -0.2) is 0 Å². The van der Waals surface area contributed by atoms with Gasteiger partial charge in [-0.3, -0.25) is 0 Å². The predicted octanol–water partition coefficient (Wildman–Crippen LogP) is 1.61. The first-order valence-corrected chi connectivity index (χ1v) is 4.19. The summed E-state index contributed by atoms with van der Waals surface area (Å²) in [6, 6.07) is 2.23. The van der Waals surface area contributed by atoms with Crippen molar-refractivity contribution in [1.29, 1.82) is 5.26 Å². The Morgan fingerprint density at radius 1 is 1.50 bits per heavy atom. The van der Waals surface area contributed by atoms with Crippen LogP contribution in [0.4, 0.5) is 0 Å². The Hall–Kier alpha value is -0.333. The van der Waals surface area contributed by atoms with Crippen molar-refractivity contribution in [3.8, 4) is 6.07 Å². The molecule has 0 heterocycles. The van der Waals surface area contributed by atoms with Crippen LogP contribution in [0.2, 0.25) is 5.54 Å². The van der Waals surface area contributed by atoms with Gasteiger partial charge in [-0.2, -0.15) is 5.26 Å². The summed E-state index contributed by atoms with van der Waals surface area (Å²) in [6.45, 7) is 6.15. The molecule has 0 saturated carbocycles. The molecule has 0 saturated heterocycles.